The van der Waals surface area contributed by atoms with Crippen molar-refractivity contribution in [2.75, 3.05) is 0 Å². The van der Waals surface area contributed by atoms with Crippen LogP contribution in [0.4, 0.5) is 0 Å². The molecule has 32 heavy (non-hydrogen) atoms. The van der Waals surface area contributed by atoms with Gasteiger partial charge in [-0.25, -0.2) is 19.9 Å². The van der Waals surface area contributed by atoms with Crippen LogP contribution in [-0.4, -0.2) is 40.9 Å². The number of pyridine rings is 2. The van der Waals surface area contributed by atoms with Gasteiger partial charge in [-0.15, -0.1) is 11.3 Å². The van der Waals surface area contributed by atoms with Crippen LogP contribution in [0.3, 0.4) is 0 Å². The first-order valence-corrected chi connectivity index (χ1v) is 10.7. The number of H-pyrrole nitrogens is 2. The van der Waals surface area contributed by atoms with Crippen molar-refractivity contribution in [3.05, 3.63) is 66.2 Å². The number of aromatic nitrogens is 7. The fourth-order valence-corrected chi connectivity index (χ4v) is 4.66. The zero-order valence-corrected chi connectivity index (χ0v) is 17.6. The van der Waals surface area contributed by atoms with Crippen molar-refractivity contribution in [3.8, 4) is 33.1 Å². The minimum absolute atomic E-state index is 0.0648. The molecule has 0 saturated carbocycles. The summed E-state index contributed by atoms with van der Waals surface area (Å²) in [7, 11) is 0. The number of rotatable bonds is 4. The van der Waals surface area contributed by atoms with Gasteiger partial charge in [0, 0.05) is 40.0 Å². The van der Waals surface area contributed by atoms with Crippen LogP contribution in [0.25, 0.3) is 55.2 Å². The largest absolute Gasteiger partial charge is 0.338 e. The maximum Gasteiger partial charge on any atom is 0.169 e. The lowest BCUT2D eigenvalue weighted by Gasteiger charge is -2.00. The molecule has 0 aliphatic rings. The van der Waals surface area contributed by atoms with E-state index < -0.39 is 0 Å². The fraction of sp³-hybridized carbons (Fsp3) is 0.0435. The lowest BCUT2D eigenvalue weighted by Crippen LogP contribution is -1.87. The molecule has 0 aromatic carbocycles. The fourth-order valence-electron chi connectivity index (χ4n) is 3.72. The molecule has 0 amide bonds. The topological polar surface area (TPSA) is 113 Å². The van der Waals surface area contributed by atoms with Crippen molar-refractivity contribution in [3.63, 3.8) is 0 Å². The molecule has 6 heterocycles. The molecule has 0 aliphatic carbocycles. The minimum Gasteiger partial charge on any atom is -0.338 e. The first-order valence-electron chi connectivity index (χ1n) is 9.87. The predicted molar refractivity (Wildman–Crippen MR) is 123 cm³/mol. The number of thiophene rings is 1. The summed E-state index contributed by atoms with van der Waals surface area (Å²) >= 11 is 1.48. The van der Waals surface area contributed by atoms with Crippen molar-refractivity contribution in [1.82, 2.24) is 35.1 Å². The van der Waals surface area contributed by atoms with Gasteiger partial charge in [0.15, 0.2) is 5.78 Å². The molecule has 6 rings (SSSR count). The van der Waals surface area contributed by atoms with Crippen LogP contribution in [0.5, 0.6) is 0 Å². The van der Waals surface area contributed by atoms with E-state index in [-0.39, 0.29) is 5.78 Å². The predicted octanol–water partition coefficient (Wildman–Crippen LogP) is 4.89. The Balaban J connectivity index is 1.49. The number of hydrogen-bond acceptors (Lipinski definition) is 7. The number of nitrogens with one attached hydrogen (secondary N) is 2. The van der Waals surface area contributed by atoms with E-state index in [0.717, 1.165) is 54.3 Å². The van der Waals surface area contributed by atoms with Crippen molar-refractivity contribution in [1.29, 1.82) is 0 Å². The molecule has 0 spiro atoms. The normalized spacial score (nSPS) is 11.4. The van der Waals surface area contributed by atoms with E-state index >= 15 is 0 Å². The van der Waals surface area contributed by atoms with Crippen LogP contribution in [0.1, 0.15) is 16.6 Å². The highest BCUT2D eigenvalue weighted by molar-refractivity contribution is 7.17. The van der Waals surface area contributed by atoms with E-state index in [1.54, 1.807) is 25.5 Å². The van der Waals surface area contributed by atoms with Gasteiger partial charge in [-0.1, -0.05) is 0 Å². The third-order valence-corrected chi connectivity index (χ3v) is 6.49. The summed E-state index contributed by atoms with van der Waals surface area (Å²) in [6, 6.07) is 11.7. The van der Waals surface area contributed by atoms with Gasteiger partial charge in [0.1, 0.15) is 23.2 Å². The summed E-state index contributed by atoms with van der Waals surface area (Å²) in [6.45, 7) is 1.58. The van der Waals surface area contributed by atoms with Crippen LogP contribution < -0.4 is 0 Å². The van der Waals surface area contributed by atoms with Gasteiger partial charge in [0.2, 0.25) is 0 Å². The van der Waals surface area contributed by atoms with Gasteiger partial charge < -0.3 is 4.98 Å². The lowest BCUT2D eigenvalue weighted by atomic mass is 10.1. The van der Waals surface area contributed by atoms with E-state index in [2.05, 4.69) is 30.1 Å². The Morgan fingerprint density at radius 3 is 2.75 bits per heavy atom. The highest BCUT2D eigenvalue weighted by Gasteiger charge is 2.17. The van der Waals surface area contributed by atoms with Gasteiger partial charge >= 0.3 is 0 Å². The van der Waals surface area contributed by atoms with Crippen LogP contribution in [0.2, 0.25) is 0 Å². The highest BCUT2D eigenvalue weighted by atomic mass is 32.1. The van der Waals surface area contributed by atoms with Gasteiger partial charge in [0.25, 0.3) is 0 Å². The molecule has 6 aromatic rings. The van der Waals surface area contributed by atoms with E-state index in [1.807, 2.05) is 36.4 Å². The monoisotopic (exact) mass is 437 g/mol. The number of carbonyl (C=O) groups excluding carboxylic acids is 1. The molecule has 0 aliphatic heterocycles. The molecule has 8 nitrogen and oxygen atoms in total. The summed E-state index contributed by atoms with van der Waals surface area (Å²) < 4.78 is 0. The average Bonchev–Trinajstić information content (AvgIpc) is 3.56. The Hall–Kier alpha value is -4.24. The smallest absolute Gasteiger partial charge is 0.169 e. The molecule has 0 fully saturated rings. The number of hydrogen-bond donors (Lipinski definition) is 2. The number of carbonyl (C=O) groups is 1. The molecule has 0 unspecified atom stereocenters. The van der Waals surface area contributed by atoms with Crippen LogP contribution in [0, 0.1) is 0 Å². The van der Waals surface area contributed by atoms with Crippen molar-refractivity contribution < 1.29 is 4.79 Å². The van der Waals surface area contributed by atoms with Gasteiger partial charge in [-0.05, 0) is 43.3 Å². The Labute approximate surface area is 185 Å². The second-order valence-corrected chi connectivity index (χ2v) is 8.40. The zero-order chi connectivity index (χ0) is 21.7. The van der Waals surface area contributed by atoms with Crippen molar-refractivity contribution in [2.45, 2.75) is 6.92 Å². The number of ketones is 1. The average molecular weight is 437 g/mol. The summed E-state index contributed by atoms with van der Waals surface area (Å²) in [5.74, 6) is 0.0648. The number of aromatic amines is 2. The maximum absolute atomic E-state index is 11.7. The summed E-state index contributed by atoms with van der Waals surface area (Å²) in [5.41, 5.74) is 6.46. The molecular formula is C23H15N7OS. The molecule has 0 atom stereocenters. The van der Waals surface area contributed by atoms with Gasteiger partial charge in [-0.2, -0.15) is 5.10 Å². The van der Waals surface area contributed by atoms with E-state index in [0.29, 0.717) is 5.69 Å². The molecule has 2 N–H and O–H groups in total. The van der Waals surface area contributed by atoms with E-state index in [4.69, 9.17) is 4.98 Å². The first-order chi connectivity index (χ1) is 15.7. The standard InChI is InChI=1S/C23H15N7OS/c1-12(31)19-4-5-20(32-19)14-6-7-26-23-15(14)8-18(28-23)22-21-17(29-30-22)3-2-16(27-21)13-9-24-11-25-10-13/h2-11H,1H3,(H,26,28)(H,29,30). The SMILES string of the molecule is CC(=O)c1ccc(-c2ccnc3[nH]c(-c4n[nH]c5ccc(-c6cncnc6)nc45)cc23)s1. The van der Waals surface area contributed by atoms with Gasteiger partial charge in [0.05, 0.1) is 21.8 Å². The Morgan fingerprint density at radius 1 is 1.06 bits per heavy atom. The van der Waals surface area contributed by atoms with Crippen molar-refractivity contribution >= 4 is 39.2 Å². The number of Topliss-reactive ketones (excluding diaryl/α,β-unsaturated/α-hetero) is 1. The summed E-state index contributed by atoms with van der Waals surface area (Å²) in [5, 5.41) is 8.52. The Morgan fingerprint density at radius 2 is 1.94 bits per heavy atom. The maximum atomic E-state index is 11.7. The van der Waals surface area contributed by atoms with Crippen LogP contribution in [0.15, 0.2) is 61.3 Å². The third kappa shape index (κ3) is 2.98. The molecule has 154 valence electrons. The Kier molecular flexibility index (Phi) is 4.15. The molecule has 0 radical (unpaired) electrons. The Bertz CT molecular complexity index is 1610. The second-order valence-electron chi connectivity index (χ2n) is 7.32. The van der Waals surface area contributed by atoms with Gasteiger partial charge in [-0.3, -0.25) is 9.89 Å². The van der Waals surface area contributed by atoms with Crippen molar-refractivity contribution in [2.24, 2.45) is 0 Å². The first kappa shape index (κ1) is 18.5. The molecule has 0 saturated heterocycles. The quantitative estimate of drug-likeness (QED) is 0.380. The molecule has 9 heteroatoms. The van der Waals surface area contributed by atoms with Crippen LogP contribution >= 0.6 is 11.3 Å². The third-order valence-electron chi connectivity index (χ3n) is 5.27. The van der Waals surface area contributed by atoms with E-state index in [9.17, 15) is 4.79 Å². The minimum atomic E-state index is 0.0648. The number of nitrogens with zero attached hydrogens (tertiary/aromatic N) is 5. The summed E-state index contributed by atoms with van der Waals surface area (Å²) in [6.07, 6.45) is 6.72. The highest BCUT2D eigenvalue weighted by Crippen LogP contribution is 2.36. The molecule has 6 aromatic heterocycles. The lowest BCUT2D eigenvalue weighted by molar-refractivity contribution is 0.102. The number of fused-ring (bicyclic) bond motifs is 2. The second kappa shape index (κ2) is 7.17. The molecule has 0 bridgehead atoms. The van der Waals surface area contributed by atoms with Crippen LogP contribution in [-0.2, 0) is 0 Å². The zero-order valence-electron chi connectivity index (χ0n) is 16.8. The van der Waals surface area contributed by atoms with E-state index in [1.165, 1.54) is 17.7 Å². The summed E-state index contributed by atoms with van der Waals surface area (Å²) in [4.78, 5) is 34.3. The molecular weight excluding hydrogens is 422 g/mol.